The van der Waals surface area contributed by atoms with Gasteiger partial charge in [-0.25, -0.2) is 4.98 Å². The van der Waals surface area contributed by atoms with Gasteiger partial charge in [-0.3, -0.25) is 0 Å². The van der Waals surface area contributed by atoms with Gasteiger partial charge in [-0.1, -0.05) is 13.8 Å². The molecule has 0 unspecified atom stereocenters. The van der Waals surface area contributed by atoms with Crippen molar-refractivity contribution in [2.45, 2.75) is 18.7 Å². The number of thioether (sulfide) groups is 1. The second kappa shape index (κ2) is 6.69. The number of anilines is 1. The number of aromatic nitrogens is 1. The molecule has 0 saturated carbocycles. The lowest BCUT2D eigenvalue weighted by Gasteiger charge is -2.06. The first-order chi connectivity index (χ1) is 7.18. The SMILES string of the molecule is CC(C)COCCSc1ccc(N)nc1. The van der Waals surface area contributed by atoms with E-state index in [9.17, 15) is 0 Å². The van der Waals surface area contributed by atoms with Crippen LogP contribution >= 0.6 is 11.8 Å². The Morgan fingerprint density at radius 3 is 2.87 bits per heavy atom. The summed E-state index contributed by atoms with van der Waals surface area (Å²) in [4.78, 5) is 5.16. The molecule has 0 aliphatic rings. The zero-order chi connectivity index (χ0) is 11.1. The van der Waals surface area contributed by atoms with Crippen molar-refractivity contribution >= 4 is 17.6 Å². The molecule has 0 fully saturated rings. The zero-order valence-corrected chi connectivity index (χ0v) is 10.1. The van der Waals surface area contributed by atoms with E-state index in [0.29, 0.717) is 11.7 Å². The van der Waals surface area contributed by atoms with E-state index in [0.717, 1.165) is 23.9 Å². The number of nitrogen functional groups attached to an aromatic ring is 1. The van der Waals surface area contributed by atoms with Crippen LogP contribution in [0.1, 0.15) is 13.8 Å². The van der Waals surface area contributed by atoms with Crippen molar-refractivity contribution in [3.05, 3.63) is 18.3 Å². The van der Waals surface area contributed by atoms with Gasteiger partial charge in [-0.05, 0) is 18.1 Å². The lowest BCUT2D eigenvalue weighted by Crippen LogP contribution is -2.04. The molecule has 0 aliphatic carbocycles. The smallest absolute Gasteiger partial charge is 0.123 e. The van der Waals surface area contributed by atoms with E-state index >= 15 is 0 Å². The number of pyridine rings is 1. The fraction of sp³-hybridized carbons (Fsp3) is 0.545. The van der Waals surface area contributed by atoms with E-state index in [1.807, 2.05) is 12.1 Å². The topological polar surface area (TPSA) is 48.1 Å². The summed E-state index contributed by atoms with van der Waals surface area (Å²) in [6, 6.07) is 3.80. The van der Waals surface area contributed by atoms with Crippen molar-refractivity contribution in [1.29, 1.82) is 0 Å². The first-order valence-corrected chi connectivity index (χ1v) is 6.09. The minimum absolute atomic E-state index is 0.565. The maximum Gasteiger partial charge on any atom is 0.123 e. The molecule has 0 amide bonds. The predicted octanol–water partition coefficient (Wildman–Crippen LogP) is 2.43. The summed E-state index contributed by atoms with van der Waals surface area (Å²) < 4.78 is 5.47. The van der Waals surface area contributed by atoms with Gasteiger partial charge in [0.2, 0.25) is 0 Å². The highest BCUT2D eigenvalue weighted by molar-refractivity contribution is 7.99. The maximum absolute atomic E-state index is 5.49. The van der Waals surface area contributed by atoms with Crippen LogP contribution < -0.4 is 5.73 Å². The Morgan fingerprint density at radius 2 is 2.27 bits per heavy atom. The molecule has 15 heavy (non-hydrogen) atoms. The third-order valence-corrected chi connectivity index (χ3v) is 2.65. The van der Waals surface area contributed by atoms with Gasteiger partial charge in [0.1, 0.15) is 5.82 Å². The molecule has 0 spiro atoms. The molecular weight excluding hydrogens is 208 g/mol. The molecule has 0 radical (unpaired) electrons. The van der Waals surface area contributed by atoms with Crippen molar-refractivity contribution in [2.24, 2.45) is 5.92 Å². The zero-order valence-electron chi connectivity index (χ0n) is 9.27. The van der Waals surface area contributed by atoms with Crippen LogP contribution in [0.25, 0.3) is 0 Å². The van der Waals surface area contributed by atoms with Crippen molar-refractivity contribution in [2.75, 3.05) is 24.7 Å². The summed E-state index contributed by atoms with van der Waals surface area (Å²) in [5.41, 5.74) is 5.49. The van der Waals surface area contributed by atoms with Crippen LogP contribution in [0, 0.1) is 5.92 Å². The van der Waals surface area contributed by atoms with Gasteiger partial charge in [0.05, 0.1) is 6.61 Å². The van der Waals surface area contributed by atoms with E-state index in [2.05, 4.69) is 18.8 Å². The first kappa shape index (κ1) is 12.3. The fourth-order valence-electron chi connectivity index (χ4n) is 1.01. The quantitative estimate of drug-likeness (QED) is 0.598. The van der Waals surface area contributed by atoms with Gasteiger partial charge in [0.25, 0.3) is 0 Å². The number of hydrogen-bond acceptors (Lipinski definition) is 4. The highest BCUT2D eigenvalue weighted by atomic mass is 32.2. The average molecular weight is 226 g/mol. The van der Waals surface area contributed by atoms with E-state index in [-0.39, 0.29) is 0 Å². The molecule has 3 nitrogen and oxygen atoms in total. The number of nitrogens with zero attached hydrogens (tertiary/aromatic N) is 1. The minimum Gasteiger partial charge on any atom is -0.384 e. The summed E-state index contributed by atoms with van der Waals surface area (Å²) in [6.45, 7) is 5.92. The molecule has 0 atom stereocenters. The minimum atomic E-state index is 0.565. The molecule has 0 bridgehead atoms. The highest BCUT2D eigenvalue weighted by Gasteiger charge is 1.96. The summed E-state index contributed by atoms with van der Waals surface area (Å²) in [7, 11) is 0. The summed E-state index contributed by atoms with van der Waals surface area (Å²) in [5, 5.41) is 0. The van der Waals surface area contributed by atoms with Gasteiger partial charge < -0.3 is 10.5 Å². The third-order valence-electron chi connectivity index (χ3n) is 1.71. The summed E-state index contributed by atoms with van der Waals surface area (Å²) in [6.07, 6.45) is 1.79. The number of nitrogens with two attached hydrogens (primary N) is 1. The summed E-state index contributed by atoms with van der Waals surface area (Å²) >= 11 is 1.74. The van der Waals surface area contributed by atoms with E-state index in [1.165, 1.54) is 0 Å². The highest BCUT2D eigenvalue weighted by Crippen LogP contribution is 2.16. The van der Waals surface area contributed by atoms with Crippen LogP contribution in [0.4, 0.5) is 5.82 Å². The molecule has 1 heterocycles. The average Bonchev–Trinajstić information content (AvgIpc) is 2.20. The van der Waals surface area contributed by atoms with E-state index < -0.39 is 0 Å². The molecule has 1 aromatic rings. The van der Waals surface area contributed by atoms with Crippen molar-refractivity contribution < 1.29 is 4.74 Å². The van der Waals surface area contributed by atoms with Crippen LogP contribution in [-0.2, 0) is 4.74 Å². The van der Waals surface area contributed by atoms with Crippen LogP contribution in [-0.4, -0.2) is 24.0 Å². The molecular formula is C11H18N2OS. The molecule has 4 heteroatoms. The maximum atomic E-state index is 5.49. The Morgan fingerprint density at radius 1 is 1.47 bits per heavy atom. The first-order valence-electron chi connectivity index (χ1n) is 5.10. The largest absolute Gasteiger partial charge is 0.384 e. The molecule has 1 rings (SSSR count). The number of hydrogen-bond donors (Lipinski definition) is 1. The Labute approximate surface area is 95.4 Å². The second-order valence-electron chi connectivity index (χ2n) is 3.74. The lowest BCUT2D eigenvalue weighted by molar-refractivity contribution is 0.124. The second-order valence-corrected chi connectivity index (χ2v) is 4.90. The lowest BCUT2D eigenvalue weighted by atomic mass is 10.2. The molecule has 0 saturated heterocycles. The Balaban J connectivity index is 2.12. The molecule has 1 aromatic heterocycles. The van der Waals surface area contributed by atoms with Gasteiger partial charge in [-0.2, -0.15) is 0 Å². The van der Waals surface area contributed by atoms with Gasteiger partial charge in [0.15, 0.2) is 0 Å². The molecule has 2 N–H and O–H groups in total. The number of rotatable bonds is 6. The van der Waals surface area contributed by atoms with Gasteiger partial charge in [0, 0.05) is 23.5 Å². The number of ether oxygens (including phenoxy) is 1. The Hall–Kier alpha value is -0.740. The van der Waals surface area contributed by atoms with E-state index in [1.54, 1.807) is 18.0 Å². The third kappa shape index (κ3) is 5.64. The monoisotopic (exact) mass is 226 g/mol. The molecule has 84 valence electrons. The van der Waals surface area contributed by atoms with Crippen LogP contribution in [0.2, 0.25) is 0 Å². The summed E-state index contributed by atoms with van der Waals surface area (Å²) in [5.74, 6) is 2.13. The van der Waals surface area contributed by atoms with Crippen LogP contribution in [0.15, 0.2) is 23.2 Å². The van der Waals surface area contributed by atoms with Gasteiger partial charge >= 0.3 is 0 Å². The van der Waals surface area contributed by atoms with Crippen molar-refractivity contribution in [3.63, 3.8) is 0 Å². The fourth-order valence-corrected chi connectivity index (χ4v) is 1.74. The normalized spacial score (nSPS) is 10.9. The predicted molar refractivity (Wildman–Crippen MR) is 65.0 cm³/mol. The van der Waals surface area contributed by atoms with Crippen molar-refractivity contribution in [1.82, 2.24) is 4.98 Å². The van der Waals surface area contributed by atoms with Crippen LogP contribution in [0.3, 0.4) is 0 Å². The van der Waals surface area contributed by atoms with Gasteiger partial charge in [-0.15, -0.1) is 11.8 Å². The molecule has 0 aromatic carbocycles. The standard InChI is InChI=1S/C11H18N2OS/c1-9(2)8-14-5-6-15-10-3-4-11(12)13-7-10/h3-4,7,9H,5-6,8H2,1-2H3,(H2,12,13). The Bertz CT molecular complexity index is 274. The Kier molecular flexibility index (Phi) is 5.50. The van der Waals surface area contributed by atoms with E-state index in [4.69, 9.17) is 10.5 Å². The van der Waals surface area contributed by atoms with Crippen molar-refractivity contribution in [3.8, 4) is 0 Å². The molecule has 0 aliphatic heterocycles. The van der Waals surface area contributed by atoms with Crippen LogP contribution in [0.5, 0.6) is 0 Å².